The summed E-state index contributed by atoms with van der Waals surface area (Å²) in [6.07, 6.45) is -0.942. The van der Waals surface area contributed by atoms with E-state index in [0.29, 0.717) is 15.8 Å². The zero-order valence-corrected chi connectivity index (χ0v) is 10.3. The minimum absolute atomic E-state index is 0.0731. The topological polar surface area (TPSA) is 66.8 Å². The molecule has 2 heterocycles. The Morgan fingerprint density at radius 1 is 1.53 bits per heavy atom. The number of aliphatic carboxylic acids is 1. The molecule has 2 rings (SSSR count). The van der Waals surface area contributed by atoms with Crippen LogP contribution in [-0.2, 0) is 9.53 Å². The second kappa shape index (κ2) is 5.03. The Labute approximate surface area is 107 Å². The Balaban J connectivity index is 2.07. The van der Waals surface area contributed by atoms with E-state index in [1.165, 1.54) is 16.2 Å². The van der Waals surface area contributed by atoms with Crippen molar-refractivity contribution in [3.63, 3.8) is 0 Å². The maximum absolute atomic E-state index is 12.0. The summed E-state index contributed by atoms with van der Waals surface area (Å²) in [6, 6.07) is 3.29. The predicted octanol–water partition coefficient (Wildman–Crippen LogP) is 1.33. The molecular weight excluding hydrogens is 266 g/mol. The monoisotopic (exact) mass is 275 g/mol. The highest BCUT2D eigenvalue weighted by Crippen LogP contribution is 2.23. The van der Waals surface area contributed by atoms with Crippen molar-refractivity contribution in [1.29, 1.82) is 0 Å². The van der Waals surface area contributed by atoms with E-state index in [-0.39, 0.29) is 19.1 Å². The molecule has 5 nitrogen and oxygen atoms in total. The summed E-state index contributed by atoms with van der Waals surface area (Å²) in [6.45, 7) is 0.712. The minimum Gasteiger partial charge on any atom is -0.479 e. The van der Waals surface area contributed by atoms with Gasteiger partial charge in [-0.2, -0.15) is 0 Å². The minimum atomic E-state index is -1.05. The van der Waals surface area contributed by atoms with E-state index in [2.05, 4.69) is 0 Å². The highest BCUT2D eigenvalue weighted by Gasteiger charge is 2.29. The number of ether oxygens (including phenoxy) is 1. The van der Waals surface area contributed by atoms with Crippen molar-refractivity contribution in [2.24, 2.45) is 0 Å². The first-order valence-electron chi connectivity index (χ1n) is 4.97. The van der Waals surface area contributed by atoms with Crippen LogP contribution in [0, 0.1) is 0 Å². The van der Waals surface area contributed by atoms with E-state index in [1.807, 2.05) is 0 Å². The van der Waals surface area contributed by atoms with Crippen LogP contribution in [0.25, 0.3) is 0 Å². The van der Waals surface area contributed by atoms with Crippen LogP contribution in [0.15, 0.2) is 12.1 Å². The summed E-state index contributed by atoms with van der Waals surface area (Å²) in [7, 11) is 0. The SMILES string of the molecule is O=C(O)[C@H]1CN(C(=O)c2ccc(Cl)s2)CCO1. The smallest absolute Gasteiger partial charge is 0.334 e. The quantitative estimate of drug-likeness (QED) is 0.884. The van der Waals surface area contributed by atoms with Gasteiger partial charge in [-0.1, -0.05) is 11.6 Å². The van der Waals surface area contributed by atoms with Crippen molar-refractivity contribution in [3.05, 3.63) is 21.3 Å². The molecule has 0 unspecified atom stereocenters. The molecule has 1 aromatic rings. The molecule has 0 bridgehead atoms. The first-order valence-corrected chi connectivity index (χ1v) is 6.16. The van der Waals surface area contributed by atoms with Crippen LogP contribution in [0.1, 0.15) is 9.67 Å². The Kier molecular flexibility index (Phi) is 3.66. The first kappa shape index (κ1) is 12.3. The molecule has 1 saturated heterocycles. The molecule has 0 radical (unpaired) electrons. The fourth-order valence-corrected chi connectivity index (χ4v) is 2.58. The van der Waals surface area contributed by atoms with Crippen LogP contribution < -0.4 is 0 Å². The lowest BCUT2D eigenvalue weighted by atomic mass is 10.2. The number of carboxylic acid groups (broad SMARTS) is 1. The van der Waals surface area contributed by atoms with E-state index >= 15 is 0 Å². The highest BCUT2D eigenvalue weighted by molar-refractivity contribution is 7.17. The number of carbonyl (C=O) groups is 2. The number of thiophene rings is 1. The van der Waals surface area contributed by atoms with Gasteiger partial charge in [-0.05, 0) is 12.1 Å². The molecule has 92 valence electrons. The molecule has 1 aromatic heterocycles. The van der Waals surface area contributed by atoms with Crippen LogP contribution in [0.2, 0.25) is 4.34 Å². The molecule has 17 heavy (non-hydrogen) atoms. The van der Waals surface area contributed by atoms with E-state index in [0.717, 1.165) is 0 Å². The number of hydrogen-bond donors (Lipinski definition) is 1. The molecule has 1 atom stereocenters. The average molecular weight is 276 g/mol. The number of carboxylic acids is 1. The summed E-state index contributed by atoms with van der Waals surface area (Å²) in [5.74, 6) is -1.25. The highest BCUT2D eigenvalue weighted by atomic mass is 35.5. The Hall–Kier alpha value is -1.11. The Bertz CT molecular complexity index is 447. The summed E-state index contributed by atoms with van der Waals surface area (Å²) in [5, 5.41) is 8.83. The summed E-state index contributed by atoms with van der Waals surface area (Å²) in [5.41, 5.74) is 0. The molecule has 1 aliphatic rings. The molecule has 1 aliphatic heterocycles. The number of halogens is 1. The number of amides is 1. The van der Waals surface area contributed by atoms with Crippen molar-refractivity contribution in [3.8, 4) is 0 Å². The summed E-state index contributed by atoms with van der Waals surface area (Å²) < 4.78 is 5.58. The third-order valence-corrected chi connectivity index (χ3v) is 3.63. The van der Waals surface area contributed by atoms with Crippen LogP contribution >= 0.6 is 22.9 Å². The van der Waals surface area contributed by atoms with Crippen LogP contribution in [0.5, 0.6) is 0 Å². The van der Waals surface area contributed by atoms with E-state index in [9.17, 15) is 9.59 Å². The zero-order valence-electron chi connectivity index (χ0n) is 8.76. The van der Waals surface area contributed by atoms with Crippen molar-refractivity contribution in [2.75, 3.05) is 19.7 Å². The van der Waals surface area contributed by atoms with E-state index in [1.54, 1.807) is 12.1 Å². The average Bonchev–Trinajstić information content (AvgIpc) is 2.75. The van der Waals surface area contributed by atoms with Crippen LogP contribution in [-0.4, -0.2) is 47.7 Å². The van der Waals surface area contributed by atoms with Gasteiger partial charge in [0.25, 0.3) is 5.91 Å². The Morgan fingerprint density at radius 2 is 2.29 bits per heavy atom. The van der Waals surface area contributed by atoms with Crippen LogP contribution in [0.4, 0.5) is 0 Å². The predicted molar refractivity (Wildman–Crippen MR) is 62.6 cm³/mol. The fourth-order valence-electron chi connectivity index (χ4n) is 1.57. The van der Waals surface area contributed by atoms with Gasteiger partial charge in [0.2, 0.25) is 0 Å². The van der Waals surface area contributed by atoms with Gasteiger partial charge in [-0.3, -0.25) is 4.79 Å². The van der Waals surface area contributed by atoms with Gasteiger partial charge in [-0.15, -0.1) is 11.3 Å². The van der Waals surface area contributed by atoms with Gasteiger partial charge < -0.3 is 14.7 Å². The zero-order chi connectivity index (χ0) is 12.4. The molecule has 1 amide bonds. The molecule has 1 fully saturated rings. The molecule has 1 N–H and O–H groups in total. The number of rotatable bonds is 2. The van der Waals surface area contributed by atoms with E-state index < -0.39 is 12.1 Å². The number of morpholine rings is 1. The molecule has 0 aromatic carbocycles. The van der Waals surface area contributed by atoms with Crippen molar-refractivity contribution in [2.45, 2.75) is 6.10 Å². The second-order valence-electron chi connectivity index (χ2n) is 3.55. The van der Waals surface area contributed by atoms with Crippen molar-refractivity contribution in [1.82, 2.24) is 4.90 Å². The largest absolute Gasteiger partial charge is 0.479 e. The molecule has 0 aliphatic carbocycles. The maximum atomic E-state index is 12.0. The van der Waals surface area contributed by atoms with Crippen LogP contribution in [0.3, 0.4) is 0 Å². The molecular formula is C10H10ClNO4S. The first-order chi connectivity index (χ1) is 8.08. The molecule has 0 spiro atoms. The summed E-state index contributed by atoms with van der Waals surface area (Å²) in [4.78, 5) is 24.8. The normalized spacial score (nSPS) is 20.3. The maximum Gasteiger partial charge on any atom is 0.334 e. The number of nitrogens with zero attached hydrogens (tertiary/aromatic N) is 1. The molecule has 7 heteroatoms. The van der Waals surface area contributed by atoms with Gasteiger partial charge >= 0.3 is 5.97 Å². The van der Waals surface area contributed by atoms with Gasteiger partial charge in [0.05, 0.1) is 22.4 Å². The van der Waals surface area contributed by atoms with Crippen molar-refractivity contribution >= 4 is 34.8 Å². The molecule has 0 saturated carbocycles. The van der Waals surface area contributed by atoms with Gasteiger partial charge in [0.15, 0.2) is 6.10 Å². The fraction of sp³-hybridized carbons (Fsp3) is 0.400. The third-order valence-electron chi connectivity index (χ3n) is 2.41. The summed E-state index contributed by atoms with van der Waals surface area (Å²) >= 11 is 6.94. The standard InChI is InChI=1S/C10H10ClNO4S/c11-8-2-1-7(17-8)9(13)12-3-4-16-6(5-12)10(14)15/h1-2,6H,3-5H2,(H,14,15)/t6-/m1/s1. The number of carbonyl (C=O) groups excluding carboxylic acids is 1. The Morgan fingerprint density at radius 3 is 2.88 bits per heavy atom. The lowest BCUT2D eigenvalue weighted by Gasteiger charge is -2.30. The van der Waals surface area contributed by atoms with E-state index in [4.69, 9.17) is 21.4 Å². The third kappa shape index (κ3) is 2.77. The lowest BCUT2D eigenvalue weighted by molar-refractivity contribution is -0.154. The lowest BCUT2D eigenvalue weighted by Crippen LogP contribution is -2.48. The second-order valence-corrected chi connectivity index (χ2v) is 5.27. The van der Waals surface area contributed by atoms with Gasteiger partial charge in [0.1, 0.15) is 0 Å². The number of hydrogen-bond acceptors (Lipinski definition) is 4. The van der Waals surface area contributed by atoms with Crippen molar-refractivity contribution < 1.29 is 19.4 Å². The van der Waals surface area contributed by atoms with Gasteiger partial charge in [0, 0.05) is 6.54 Å². The van der Waals surface area contributed by atoms with Gasteiger partial charge in [-0.25, -0.2) is 4.79 Å².